The molecule has 2 aromatic heterocycles. The zero-order valence-electron chi connectivity index (χ0n) is 16.8. The van der Waals surface area contributed by atoms with E-state index in [1.54, 1.807) is 6.33 Å². The monoisotopic (exact) mass is 408 g/mol. The van der Waals surface area contributed by atoms with Crippen LogP contribution in [0.25, 0.3) is 11.2 Å². The normalized spacial score (nSPS) is 20.1. The summed E-state index contributed by atoms with van der Waals surface area (Å²) in [7, 11) is -3.12. The van der Waals surface area contributed by atoms with Gasteiger partial charge in [0.05, 0.1) is 30.7 Å². The van der Waals surface area contributed by atoms with Crippen molar-refractivity contribution in [3.05, 3.63) is 18.5 Å². The SMILES string of the molecule is CC(C)OP(=O)(CC[C@@H]1C=C[C@H](n2cnc3c(N)nc(N)nc32)C1)OC(C)C. The number of imidazole rings is 1. The van der Waals surface area contributed by atoms with Gasteiger partial charge in [-0.1, -0.05) is 12.2 Å². The summed E-state index contributed by atoms with van der Waals surface area (Å²) >= 11 is 0. The highest BCUT2D eigenvalue weighted by Crippen LogP contribution is 2.52. The first-order chi connectivity index (χ1) is 13.2. The minimum atomic E-state index is -3.12. The van der Waals surface area contributed by atoms with Gasteiger partial charge in [-0.2, -0.15) is 9.97 Å². The number of aromatic nitrogens is 4. The molecule has 2 atom stereocenters. The molecule has 0 spiro atoms. The summed E-state index contributed by atoms with van der Waals surface area (Å²) in [6, 6.07) is 0.0834. The molecule has 0 radical (unpaired) electrons. The first-order valence-corrected chi connectivity index (χ1v) is 11.3. The van der Waals surface area contributed by atoms with Crippen molar-refractivity contribution in [2.45, 2.75) is 58.8 Å². The molecule has 154 valence electrons. The average molecular weight is 408 g/mol. The summed E-state index contributed by atoms with van der Waals surface area (Å²) in [5.74, 6) is 0.666. The Bertz CT molecular complexity index is 896. The summed E-state index contributed by atoms with van der Waals surface area (Å²) in [5, 5.41) is 0. The summed E-state index contributed by atoms with van der Waals surface area (Å²) in [5.41, 5.74) is 12.8. The van der Waals surface area contributed by atoms with Crippen LogP contribution in [0.4, 0.5) is 11.8 Å². The van der Waals surface area contributed by atoms with Crippen LogP contribution >= 0.6 is 7.60 Å². The quantitative estimate of drug-likeness (QED) is 0.501. The molecule has 9 nitrogen and oxygen atoms in total. The van der Waals surface area contributed by atoms with Gasteiger partial charge >= 0.3 is 7.60 Å². The predicted octanol–water partition coefficient (Wildman–Crippen LogP) is 3.54. The smallest absolute Gasteiger partial charge is 0.331 e. The van der Waals surface area contributed by atoms with Crippen LogP contribution in [0.3, 0.4) is 0 Å². The van der Waals surface area contributed by atoms with Crippen molar-refractivity contribution in [2.24, 2.45) is 5.92 Å². The van der Waals surface area contributed by atoms with Crippen LogP contribution in [0.5, 0.6) is 0 Å². The van der Waals surface area contributed by atoms with E-state index in [0.29, 0.717) is 17.3 Å². The number of anilines is 2. The number of nitrogens with two attached hydrogens (primary N) is 2. The van der Waals surface area contributed by atoms with Crippen molar-refractivity contribution in [1.82, 2.24) is 19.5 Å². The first kappa shape index (κ1) is 20.8. The van der Waals surface area contributed by atoms with Gasteiger partial charge in [0, 0.05) is 0 Å². The minimum absolute atomic E-state index is 0.0834. The molecule has 0 bridgehead atoms. The molecule has 0 amide bonds. The maximum absolute atomic E-state index is 13.0. The van der Waals surface area contributed by atoms with E-state index in [0.717, 1.165) is 12.8 Å². The van der Waals surface area contributed by atoms with E-state index in [-0.39, 0.29) is 35.9 Å². The van der Waals surface area contributed by atoms with Crippen LogP contribution in [0.1, 0.15) is 46.6 Å². The van der Waals surface area contributed by atoms with Gasteiger partial charge in [-0.25, -0.2) is 4.98 Å². The van der Waals surface area contributed by atoms with E-state index in [1.165, 1.54) is 0 Å². The number of nitrogen functional groups attached to an aromatic ring is 2. The van der Waals surface area contributed by atoms with Gasteiger partial charge < -0.3 is 25.1 Å². The van der Waals surface area contributed by atoms with Gasteiger partial charge in [0.25, 0.3) is 0 Å². The summed E-state index contributed by atoms with van der Waals surface area (Å²) in [4.78, 5) is 12.6. The van der Waals surface area contributed by atoms with Crippen LogP contribution in [-0.4, -0.2) is 37.9 Å². The predicted molar refractivity (Wildman–Crippen MR) is 110 cm³/mol. The second kappa shape index (κ2) is 8.19. The summed E-state index contributed by atoms with van der Waals surface area (Å²) < 4.78 is 26.3. The molecule has 2 heterocycles. The molecular weight excluding hydrogens is 379 g/mol. The van der Waals surface area contributed by atoms with Gasteiger partial charge in [0.15, 0.2) is 11.5 Å². The third-order valence-electron chi connectivity index (χ3n) is 4.49. The van der Waals surface area contributed by atoms with Crippen LogP contribution in [-0.2, 0) is 13.6 Å². The van der Waals surface area contributed by atoms with Crippen LogP contribution in [0, 0.1) is 5.92 Å². The molecule has 0 aliphatic heterocycles. The van der Waals surface area contributed by atoms with Crippen molar-refractivity contribution in [2.75, 3.05) is 17.6 Å². The molecule has 1 aliphatic carbocycles. The summed E-state index contributed by atoms with van der Waals surface area (Å²) in [6.45, 7) is 7.47. The number of rotatable bonds is 8. The molecule has 0 fully saturated rings. The van der Waals surface area contributed by atoms with Gasteiger partial charge in [0.1, 0.15) is 5.52 Å². The second-order valence-electron chi connectivity index (χ2n) is 7.67. The lowest BCUT2D eigenvalue weighted by molar-refractivity contribution is 0.141. The lowest BCUT2D eigenvalue weighted by Gasteiger charge is -2.24. The van der Waals surface area contributed by atoms with Gasteiger partial charge in [0.2, 0.25) is 5.95 Å². The molecule has 4 N–H and O–H groups in total. The third-order valence-corrected chi connectivity index (χ3v) is 6.78. The van der Waals surface area contributed by atoms with E-state index in [1.807, 2.05) is 32.3 Å². The van der Waals surface area contributed by atoms with E-state index in [9.17, 15) is 4.57 Å². The zero-order valence-corrected chi connectivity index (χ0v) is 17.7. The number of fused-ring (bicyclic) bond motifs is 1. The lowest BCUT2D eigenvalue weighted by Crippen LogP contribution is -2.12. The highest BCUT2D eigenvalue weighted by molar-refractivity contribution is 7.53. The molecule has 2 aromatic rings. The Morgan fingerprint density at radius 2 is 1.86 bits per heavy atom. The maximum Gasteiger partial charge on any atom is 0.331 e. The highest BCUT2D eigenvalue weighted by atomic mass is 31.2. The maximum atomic E-state index is 13.0. The summed E-state index contributed by atoms with van der Waals surface area (Å²) in [6.07, 6.45) is 7.61. The van der Waals surface area contributed by atoms with Crippen LogP contribution in [0.2, 0.25) is 0 Å². The topological polar surface area (TPSA) is 131 Å². The Hall–Kier alpha value is -1.96. The fourth-order valence-corrected chi connectivity index (χ4v) is 5.66. The number of nitrogens with zero attached hydrogens (tertiary/aromatic N) is 4. The van der Waals surface area contributed by atoms with E-state index in [2.05, 4.69) is 27.1 Å². The second-order valence-corrected chi connectivity index (χ2v) is 9.76. The number of allylic oxidation sites excluding steroid dienone is 2. The van der Waals surface area contributed by atoms with E-state index >= 15 is 0 Å². The van der Waals surface area contributed by atoms with Crippen molar-refractivity contribution in [1.29, 1.82) is 0 Å². The van der Waals surface area contributed by atoms with Crippen molar-refractivity contribution < 1.29 is 13.6 Å². The Labute approximate surface area is 165 Å². The van der Waals surface area contributed by atoms with Crippen molar-refractivity contribution in [3.63, 3.8) is 0 Å². The standard InChI is InChI=1S/C18H29N6O3P/c1-11(2)26-28(25,27-12(3)4)8-7-13-5-6-14(9-13)24-10-21-15-16(19)22-18(20)23-17(15)24/h5-6,10-14H,7-9H2,1-4H3,(H4,19,20,22,23)/t13-,14-/m0/s1. The molecule has 0 unspecified atom stereocenters. The molecule has 0 saturated carbocycles. The average Bonchev–Trinajstić information content (AvgIpc) is 3.17. The van der Waals surface area contributed by atoms with Gasteiger partial charge in [-0.3, -0.25) is 4.57 Å². The largest absolute Gasteiger partial charge is 0.382 e. The van der Waals surface area contributed by atoms with Gasteiger partial charge in [-0.15, -0.1) is 0 Å². The fourth-order valence-electron chi connectivity index (χ4n) is 3.47. The molecule has 10 heteroatoms. The molecule has 28 heavy (non-hydrogen) atoms. The molecule has 0 aromatic carbocycles. The Morgan fingerprint density at radius 1 is 1.18 bits per heavy atom. The van der Waals surface area contributed by atoms with E-state index in [4.69, 9.17) is 20.5 Å². The Morgan fingerprint density at radius 3 is 2.50 bits per heavy atom. The lowest BCUT2D eigenvalue weighted by atomic mass is 10.1. The van der Waals surface area contributed by atoms with E-state index < -0.39 is 7.60 Å². The number of hydrogen-bond donors (Lipinski definition) is 2. The third kappa shape index (κ3) is 4.71. The number of hydrogen-bond acceptors (Lipinski definition) is 8. The van der Waals surface area contributed by atoms with Crippen molar-refractivity contribution in [3.8, 4) is 0 Å². The fraction of sp³-hybridized carbons (Fsp3) is 0.611. The van der Waals surface area contributed by atoms with Crippen LogP contribution in [0.15, 0.2) is 18.5 Å². The minimum Gasteiger partial charge on any atom is -0.382 e. The Kier molecular flexibility index (Phi) is 6.07. The zero-order chi connectivity index (χ0) is 20.5. The Balaban J connectivity index is 1.68. The molecule has 1 aliphatic rings. The molecule has 3 rings (SSSR count). The highest BCUT2D eigenvalue weighted by Gasteiger charge is 2.30. The van der Waals surface area contributed by atoms with Crippen molar-refractivity contribution >= 4 is 30.5 Å². The van der Waals surface area contributed by atoms with Gasteiger partial charge in [-0.05, 0) is 46.5 Å². The van der Waals surface area contributed by atoms with Crippen LogP contribution < -0.4 is 11.5 Å². The molecule has 0 saturated heterocycles. The molecular formula is C18H29N6O3P. The first-order valence-electron chi connectivity index (χ1n) is 9.56.